The second-order valence-corrected chi connectivity index (χ2v) is 11.7. The quantitative estimate of drug-likeness (QED) is 0.531. The summed E-state index contributed by atoms with van der Waals surface area (Å²) in [7, 11) is 0. The molecule has 3 saturated heterocycles. The summed E-state index contributed by atoms with van der Waals surface area (Å²) in [6, 6.07) is 22.3. The molecule has 32 heavy (non-hydrogen) atoms. The van der Waals surface area contributed by atoms with Crippen molar-refractivity contribution in [3.05, 3.63) is 83.4 Å². The fraction of sp³-hybridized carbons (Fsp3) is 0.240. The van der Waals surface area contributed by atoms with E-state index in [1.54, 1.807) is 0 Å². The fourth-order valence-electron chi connectivity index (χ4n) is 6.56. The summed E-state index contributed by atoms with van der Waals surface area (Å²) in [6.45, 7) is 0. The van der Waals surface area contributed by atoms with E-state index in [0.29, 0.717) is 15.8 Å². The van der Waals surface area contributed by atoms with Gasteiger partial charge in [-0.1, -0.05) is 90.7 Å². The van der Waals surface area contributed by atoms with Gasteiger partial charge in [-0.15, -0.1) is 11.8 Å². The first-order valence-corrected chi connectivity index (χ1v) is 13.0. The Balaban J connectivity index is 1.62. The van der Waals surface area contributed by atoms with Crippen molar-refractivity contribution < 1.29 is 9.59 Å². The zero-order chi connectivity index (χ0) is 21.7. The molecular formula is C25H18N2O2S3. The zero-order valence-corrected chi connectivity index (χ0v) is 19.4. The summed E-state index contributed by atoms with van der Waals surface area (Å²) in [5, 5.41) is 4.96. The predicted octanol–water partition coefficient (Wildman–Crippen LogP) is 4.29. The number of thiocarbonyl (C=S) groups is 1. The number of benzene rings is 3. The molecule has 1 aliphatic carbocycles. The fourth-order valence-corrected chi connectivity index (χ4v) is 9.81. The highest BCUT2D eigenvalue weighted by Crippen LogP contribution is 2.69. The lowest BCUT2D eigenvalue weighted by Gasteiger charge is -2.43. The highest BCUT2D eigenvalue weighted by Gasteiger charge is 2.79. The Morgan fingerprint density at radius 2 is 1.78 bits per heavy atom. The largest absolute Gasteiger partial charge is 0.310 e. The van der Waals surface area contributed by atoms with Gasteiger partial charge in [0.2, 0.25) is 5.91 Å². The molecule has 0 unspecified atom stereocenters. The monoisotopic (exact) mass is 474 g/mol. The average Bonchev–Trinajstić information content (AvgIpc) is 3.51. The number of rotatable bonds is 1. The van der Waals surface area contributed by atoms with Gasteiger partial charge < -0.3 is 5.32 Å². The van der Waals surface area contributed by atoms with Gasteiger partial charge in [0.1, 0.15) is 14.6 Å². The molecule has 158 valence electrons. The van der Waals surface area contributed by atoms with Crippen LogP contribution in [0.2, 0.25) is 0 Å². The van der Waals surface area contributed by atoms with E-state index >= 15 is 0 Å². The van der Waals surface area contributed by atoms with Gasteiger partial charge in [0, 0.05) is 29.2 Å². The lowest BCUT2D eigenvalue weighted by molar-refractivity contribution is -0.123. The van der Waals surface area contributed by atoms with Gasteiger partial charge in [0.25, 0.3) is 0 Å². The molecule has 1 amide bonds. The van der Waals surface area contributed by atoms with E-state index < -0.39 is 10.3 Å². The Morgan fingerprint density at radius 1 is 1.00 bits per heavy atom. The molecule has 0 bridgehead atoms. The molecule has 0 aromatic heterocycles. The number of Topliss-reactive ketones (excluding diaryl/α,β-unsaturated/α-hetero) is 1. The van der Waals surface area contributed by atoms with Crippen molar-refractivity contribution in [2.45, 2.75) is 22.2 Å². The maximum absolute atomic E-state index is 14.5. The summed E-state index contributed by atoms with van der Waals surface area (Å²) in [5.41, 5.74) is 1.67. The van der Waals surface area contributed by atoms with Crippen molar-refractivity contribution in [2.24, 2.45) is 0 Å². The molecule has 1 N–H and O–H groups in total. The zero-order valence-electron chi connectivity index (χ0n) is 16.9. The Hall–Kier alpha value is -2.19. The summed E-state index contributed by atoms with van der Waals surface area (Å²) < 4.78 is -0.596. The molecule has 0 saturated carbocycles. The highest BCUT2D eigenvalue weighted by molar-refractivity contribution is 8.25. The summed E-state index contributed by atoms with van der Waals surface area (Å²) in [6.07, 6.45) is 0. The third-order valence-electron chi connectivity index (χ3n) is 7.54. The number of nitrogens with zero attached hydrogens (tertiary/aromatic N) is 1. The van der Waals surface area contributed by atoms with Crippen LogP contribution in [0.1, 0.15) is 27.4 Å². The van der Waals surface area contributed by atoms with Crippen molar-refractivity contribution in [1.29, 1.82) is 0 Å². The summed E-state index contributed by atoms with van der Waals surface area (Å²) >= 11 is 8.80. The van der Waals surface area contributed by atoms with Gasteiger partial charge in [0.05, 0.1) is 0 Å². The standard InChI is InChI=1S/C25H18N2O2S3/c28-21-16-10-4-8-14-9-5-11-17(19(14)16)24(21)25(22(29)26-23(30)32-25)20(15-6-2-1-3-7-15)18-12-31-13-27(18)24/h1-11,18,20H,12-13H2,(H,26,29,30)/t18-,20-,24-,25+/m1/s1. The van der Waals surface area contributed by atoms with Crippen LogP contribution in [0.3, 0.4) is 0 Å². The number of thioether (sulfide) groups is 2. The van der Waals surface area contributed by atoms with E-state index in [0.717, 1.165) is 27.7 Å². The Morgan fingerprint density at radius 3 is 2.53 bits per heavy atom. The Bertz CT molecular complexity index is 1350. The van der Waals surface area contributed by atoms with Crippen LogP contribution in [-0.2, 0) is 10.3 Å². The molecule has 7 rings (SSSR count). The number of amides is 1. The first kappa shape index (κ1) is 19.3. The third kappa shape index (κ3) is 2.01. The molecule has 0 radical (unpaired) electrons. The van der Waals surface area contributed by atoms with Gasteiger partial charge in [-0.3, -0.25) is 14.5 Å². The number of carbonyl (C=O) groups excluding carboxylic acids is 2. The van der Waals surface area contributed by atoms with Gasteiger partial charge in [-0.25, -0.2) is 0 Å². The van der Waals surface area contributed by atoms with Gasteiger partial charge in [0.15, 0.2) is 5.78 Å². The minimum Gasteiger partial charge on any atom is -0.310 e. The van der Waals surface area contributed by atoms with Crippen molar-refractivity contribution in [3.8, 4) is 0 Å². The first-order chi connectivity index (χ1) is 15.6. The molecule has 3 aliphatic heterocycles. The van der Waals surface area contributed by atoms with Gasteiger partial charge in [-0.2, -0.15) is 0 Å². The second-order valence-electron chi connectivity index (χ2n) is 8.75. The molecule has 3 aromatic carbocycles. The SMILES string of the molecule is O=C1NC(=S)S[C@@]12[C@H](c1ccccc1)[C@H]1CSCN1[C@]21C(=O)c2cccc3cccc1c23. The van der Waals surface area contributed by atoms with Crippen LogP contribution in [-0.4, -0.2) is 43.3 Å². The van der Waals surface area contributed by atoms with Crippen LogP contribution in [0.25, 0.3) is 10.8 Å². The molecule has 7 heteroatoms. The Kier molecular flexibility index (Phi) is 3.88. The lowest BCUT2D eigenvalue weighted by Crippen LogP contribution is -2.61. The summed E-state index contributed by atoms with van der Waals surface area (Å²) in [4.78, 5) is 30.9. The molecular weight excluding hydrogens is 456 g/mol. The van der Waals surface area contributed by atoms with Crippen molar-refractivity contribution in [2.75, 3.05) is 11.6 Å². The molecule has 4 aliphatic rings. The summed E-state index contributed by atoms with van der Waals surface area (Å²) in [5.74, 6) is 1.33. The number of ketones is 1. The minimum absolute atomic E-state index is 0.0302. The minimum atomic E-state index is -1.08. The van der Waals surface area contributed by atoms with Crippen LogP contribution in [0, 0.1) is 0 Å². The van der Waals surface area contributed by atoms with Gasteiger partial charge in [-0.05, 0) is 21.9 Å². The van der Waals surface area contributed by atoms with Crippen LogP contribution in [0.4, 0.5) is 0 Å². The lowest BCUT2D eigenvalue weighted by atomic mass is 9.70. The van der Waals surface area contributed by atoms with Crippen molar-refractivity contribution in [1.82, 2.24) is 10.2 Å². The van der Waals surface area contributed by atoms with Crippen LogP contribution >= 0.6 is 35.7 Å². The average molecular weight is 475 g/mol. The maximum Gasteiger partial charge on any atom is 0.245 e. The number of fused-ring (bicyclic) bond motifs is 4. The predicted molar refractivity (Wildman–Crippen MR) is 133 cm³/mol. The van der Waals surface area contributed by atoms with E-state index in [4.69, 9.17) is 12.2 Å². The Labute approximate surface area is 199 Å². The topological polar surface area (TPSA) is 49.4 Å². The van der Waals surface area contributed by atoms with E-state index in [1.165, 1.54) is 11.8 Å². The van der Waals surface area contributed by atoms with Crippen molar-refractivity contribution in [3.63, 3.8) is 0 Å². The van der Waals surface area contributed by atoms with Crippen LogP contribution < -0.4 is 5.32 Å². The maximum atomic E-state index is 14.5. The van der Waals surface area contributed by atoms with Crippen LogP contribution in [0.5, 0.6) is 0 Å². The highest BCUT2D eigenvalue weighted by atomic mass is 32.2. The number of hydrogen-bond donors (Lipinski definition) is 1. The molecule has 2 spiro atoms. The molecule has 4 nitrogen and oxygen atoms in total. The second kappa shape index (κ2) is 6.44. The number of nitrogens with one attached hydrogen (secondary N) is 1. The van der Waals surface area contributed by atoms with E-state index in [2.05, 4.69) is 28.4 Å². The molecule has 3 fully saturated rings. The van der Waals surface area contributed by atoms with E-state index in [1.807, 2.05) is 60.3 Å². The van der Waals surface area contributed by atoms with E-state index in [-0.39, 0.29) is 23.7 Å². The molecule has 4 atom stereocenters. The number of carbonyl (C=O) groups is 2. The van der Waals surface area contributed by atoms with E-state index in [9.17, 15) is 9.59 Å². The van der Waals surface area contributed by atoms with Gasteiger partial charge >= 0.3 is 0 Å². The molecule has 3 heterocycles. The first-order valence-electron chi connectivity index (χ1n) is 10.6. The molecule has 3 aromatic rings. The van der Waals surface area contributed by atoms with Crippen LogP contribution in [0.15, 0.2) is 66.7 Å². The van der Waals surface area contributed by atoms with Crippen molar-refractivity contribution >= 4 is 62.5 Å². The third-order valence-corrected chi connectivity index (χ3v) is 10.3. The smallest absolute Gasteiger partial charge is 0.245 e. The normalized spacial score (nSPS) is 33.1. The number of hydrogen-bond acceptors (Lipinski definition) is 6.